The Bertz CT molecular complexity index is 459. The van der Waals surface area contributed by atoms with Gasteiger partial charge in [-0.05, 0) is 6.07 Å². The predicted molar refractivity (Wildman–Crippen MR) is 58.7 cm³/mol. The molecule has 2 aromatic heterocycles. The highest BCUT2D eigenvalue weighted by Gasteiger charge is 2.18. The molecule has 80 valence electrons. The molecule has 0 bridgehead atoms. The summed E-state index contributed by atoms with van der Waals surface area (Å²) in [5.41, 5.74) is 1.67. The van der Waals surface area contributed by atoms with E-state index in [0.29, 0.717) is 16.9 Å². The number of aliphatic hydroxyl groups excluding tert-OH is 2. The van der Waals surface area contributed by atoms with Gasteiger partial charge in [-0.15, -0.1) is 0 Å². The molecule has 0 saturated carbocycles. The van der Waals surface area contributed by atoms with Crippen LogP contribution >= 0.6 is 12.6 Å². The summed E-state index contributed by atoms with van der Waals surface area (Å²) < 4.78 is 0. The standard InChI is InChI=1S/C9H11N3O2S/c13-7(4-15)8(14)6-3-11-9-5(12-6)1-2-10-9/h1-3,7-8,13-15H,4H2,(H,10,11). The molecular formula is C9H11N3O2S. The molecule has 6 heteroatoms. The second kappa shape index (κ2) is 4.18. The molecule has 0 aliphatic heterocycles. The van der Waals surface area contributed by atoms with Crippen molar-refractivity contribution in [2.24, 2.45) is 0 Å². The summed E-state index contributed by atoms with van der Waals surface area (Å²) >= 11 is 3.90. The van der Waals surface area contributed by atoms with Gasteiger partial charge in [-0.1, -0.05) is 0 Å². The van der Waals surface area contributed by atoms with Gasteiger partial charge in [0.1, 0.15) is 11.6 Å². The van der Waals surface area contributed by atoms with Gasteiger partial charge >= 0.3 is 0 Å². The Morgan fingerprint density at radius 3 is 3.00 bits per heavy atom. The molecule has 2 atom stereocenters. The van der Waals surface area contributed by atoms with Gasteiger partial charge in [0.15, 0.2) is 5.65 Å². The van der Waals surface area contributed by atoms with Crippen LogP contribution in [0.5, 0.6) is 0 Å². The van der Waals surface area contributed by atoms with E-state index in [0.717, 1.165) is 0 Å². The number of hydrogen-bond acceptors (Lipinski definition) is 5. The van der Waals surface area contributed by atoms with E-state index >= 15 is 0 Å². The van der Waals surface area contributed by atoms with Crippen molar-refractivity contribution in [1.82, 2.24) is 15.0 Å². The number of thiol groups is 1. The minimum absolute atomic E-state index is 0.175. The molecule has 5 nitrogen and oxygen atoms in total. The second-order valence-corrected chi connectivity index (χ2v) is 3.57. The van der Waals surface area contributed by atoms with E-state index in [2.05, 4.69) is 27.6 Å². The van der Waals surface area contributed by atoms with Crippen LogP contribution in [0.4, 0.5) is 0 Å². The van der Waals surface area contributed by atoms with E-state index in [1.807, 2.05) is 0 Å². The third-order valence-corrected chi connectivity index (χ3v) is 2.51. The number of hydrogen-bond donors (Lipinski definition) is 4. The van der Waals surface area contributed by atoms with Gasteiger partial charge in [0.25, 0.3) is 0 Å². The zero-order valence-corrected chi connectivity index (χ0v) is 8.72. The number of nitrogens with zero attached hydrogens (tertiary/aromatic N) is 2. The lowest BCUT2D eigenvalue weighted by molar-refractivity contribution is 0.0310. The zero-order valence-electron chi connectivity index (χ0n) is 7.83. The van der Waals surface area contributed by atoms with Gasteiger partial charge in [0.05, 0.1) is 18.0 Å². The highest BCUT2D eigenvalue weighted by atomic mass is 32.1. The normalized spacial score (nSPS) is 15.4. The fraction of sp³-hybridized carbons (Fsp3) is 0.333. The van der Waals surface area contributed by atoms with Crippen molar-refractivity contribution in [3.05, 3.63) is 24.2 Å². The van der Waals surface area contributed by atoms with Gasteiger partial charge in [-0.2, -0.15) is 12.6 Å². The summed E-state index contributed by atoms with van der Waals surface area (Å²) in [6.45, 7) is 0. The topological polar surface area (TPSA) is 82.0 Å². The first kappa shape index (κ1) is 10.4. The Balaban J connectivity index is 2.35. The maximum Gasteiger partial charge on any atom is 0.156 e. The molecular weight excluding hydrogens is 214 g/mol. The summed E-state index contributed by atoms with van der Waals surface area (Å²) in [6, 6.07) is 1.76. The molecule has 2 heterocycles. The van der Waals surface area contributed by atoms with Crippen LogP contribution in [0.2, 0.25) is 0 Å². The number of aromatic amines is 1. The summed E-state index contributed by atoms with van der Waals surface area (Å²) in [5, 5.41) is 19.1. The molecule has 2 rings (SSSR count). The number of H-pyrrole nitrogens is 1. The third kappa shape index (κ3) is 1.97. The summed E-state index contributed by atoms with van der Waals surface area (Å²) in [6.07, 6.45) is 1.18. The number of nitrogens with one attached hydrogen (secondary N) is 1. The summed E-state index contributed by atoms with van der Waals surface area (Å²) in [5.74, 6) is 0.175. The lowest BCUT2D eigenvalue weighted by Crippen LogP contribution is -2.20. The van der Waals surface area contributed by atoms with Crippen molar-refractivity contribution >= 4 is 23.8 Å². The van der Waals surface area contributed by atoms with Crippen molar-refractivity contribution in [1.29, 1.82) is 0 Å². The average molecular weight is 225 g/mol. The fourth-order valence-electron chi connectivity index (χ4n) is 1.28. The molecule has 0 aliphatic carbocycles. The van der Waals surface area contributed by atoms with Crippen LogP contribution in [0, 0.1) is 0 Å². The van der Waals surface area contributed by atoms with Crippen LogP contribution in [-0.4, -0.2) is 37.0 Å². The van der Waals surface area contributed by atoms with Crippen molar-refractivity contribution in [2.75, 3.05) is 5.75 Å². The Labute approximate surface area is 91.6 Å². The number of aliphatic hydroxyl groups is 2. The predicted octanol–water partition coefficient (Wildman–Crippen LogP) is 0.282. The van der Waals surface area contributed by atoms with Crippen LogP contribution in [0.1, 0.15) is 11.8 Å². The van der Waals surface area contributed by atoms with Gasteiger partial charge in [-0.25, -0.2) is 9.97 Å². The van der Waals surface area contributed by atoms with Crippen molar-refractivity contribution < 1.29 is 10.2 Å². The molecule has 0 amide bonds. The highest BCUT2D eigenvalue weighted by molar-refractivity contribution is 7.80. The quantitative estimate of drug-likeness (QED) is 0.566. The van der Waals surface area contributed by atoms with Crippen LogP contribution in [0.3, 0.4) is 0 Å². The smallest absolute Gasteiger partial charge is 0.156 e. The summed E-state index contributed by atoms with van der Waals surface area (Å²) in [7, 11) is 0. The largest absolute Gasteiger partial charge is 0.389 e. The monoisotopic (exact) mass is 225 g/mol. The van der Waals surface area contributed by atoms with E-state index < -0.39 is 12.2 Å². The molecule has 0 radical (unpaired) electrons. The van der Waals surface area contributed by atoms with E-state index in [4.69, 9.17) is 0 Å². The van der Waals surface area contributed by atoms with Crippen molar-refractivity contribution in [3.8, 4) is 0 Å². The average Bonchev–Trinajstić information content (AvgIpc) is 2.73. The number of fused-ring (bicyclic) bond motifs is 1. The maximum absolute atomic E-state index is 9.67. The van der Waals surface area contributed by atoms with Crippen molar-refractivity contribution in [3.63, 3.8) is 0 Å². The van der Waals surface area contributed by atoms with E-state index in [-0.39, 0.29) is 5.75 Å². The minimum Gasteiger partial charge on any atom is -0.389 e. The van der Waals surface area contributed by atoms with Crippen LogP contribution < -0.4 is 0 Å². The molecule has 2 aromatic rings. The molecule has 0 saturated heterocycles. The highest BCUT2D eigenvalue weighted by Crippen LogP contribution is 2.17. The zero-order chi connectivity index (χ0) is 10.8. The minimum atomic E-state index is -1.05. The molecule has 0 fully saturated rings. The lowest BCUT2D eigenvalue weighted by atomic mass is 10.2. The first-order valence-corrected chi connectivity index (χ1v) is 5.12. The van der Waals surface area contributed by atoms with Crippen LogP contribution in [0.25, 0.3) is 11.2 Å². The molecule has 0 aliphatic rings. The molecule has 15 heavy (non-hydrogen) atoms. The second-order valence-electron chi connectivity index (χ2n) is 3.20. The van der Waals surface area contributed by atoms with Crippen LogP contribution in [0.15, 0.2) is 18.5 Å². The lowest BCUT2D eigenvalue weighted by Gasteiger charge is -2.14. The third-order valence-electron chi connectivity index (χ3n) is 2.13. The van der Waals surface area contributed by atoms with E-state index in [1.165, 1.54) is 6.20 Å². The van der Waals surface area contributed by atoms with Gasteiger partial charge in [0.2, 0.25) is 0 Å². The first-order valence-electron chi connectivity index (χ1n) is 4.49. The molecule has 2 unspecified atom stereocenters. The van der Waals surface area contributed by atoms with Gasteiger partial charge in [0, 0.05) is 11.9 Å². The summed E-state index contributed by atoms with van der Waals surface area (Å²) in [4.78, 5) is 11.1. The molecule has 0 spiro atoms. The Morgan fingerprint density at radius 1 is 1.47 bits per heavy atom. The maximum atomic E-state index is 9.67. The van der Waals surface area contributed by atoms with Gasteiger partial charge in [-0.3, -0.25) is 0 Å². The fourth-order valence-corrected chi connectivity index (χ4v) is 1.48. The van der Waals surface area contributed by atoms with Gasteiger partial charge < -0.3 is 15.2 Å². The molecule has 3 N–H and O–H groups in total. The Kier molecular flexibility index (Phi) is 2.90. The van der Waals surface area contributed by atoms with Crippen molar-refractivity contribution in [2.45, 2.75) is 12.2 Å². The number of aromatic nitrogens is 3. The van der Waals surface area contributed by atoms with E-state index in [1.54, 1.807) is 12.3 Å². The first-order chi connectivity index (χ1) is 7.22. The Morgan fingerprint density at radius 2 is 2.27 bits per heavy atom. The van der Waals surface area contributed by atoms with E-state index in [9.17, 15) is 10.2 Å². The van der Waals surface area contributed by atoms with Crippen LogP contribution in [-0.2, 0) is 0 Å². The molecule has 0 aromatic carbocycles. The SMILES string of the molecule is OC(CS)C(O)c1cnc2[nH]ccc2n1. The number of rotatable bonds is 3. The Hall–Kier alpha value is -1.11.